The third kappa shape index (κ3) is 3.87. The topological polar surface area (TPSA) is 63.7 Å². The summed E-state index contributed by atoms with van der Waals surface area (Å²) in [5.41, 5.74) is 2.08. The molecule has 0 aliphatic carbocycles. The molecular weight excluding hydrogens is 398 g/mol. The van der Waals surface area contributed by atoms with Gasteiger partial charge in [-0.3, -0.25) is 9.69 Å². The van der Waals surface area contributed by atoms with Crippen LogP contribution in [-0.4, -0.2) is 41.7 Å². The van der Waals surface area contributed by atoms with Gasteiger partial charge in [-0.05, 0) is 56.1 Å². The minimum Gasteiger partial charge on any atom is -0.454 e. The molecule has 2 aliphatic heterocycles. The predicted octanol–water partition coefficient (Wildman–Crippen LogP) is 3.91. The number of likely N-dealkylation sites (tertiary alicyclic amines) is 1. The Bertz CT molecular complexity index is 1030. The SMILES string of the molecule is C[C@H](C(=O)NCc1ccc2c(c1)OCO2)N1CCC[C@@H](c2nc3ccccc3s2)C1. The average molecular weight is 424 g/mol. The molecule has 0 spiro atoms. The Balaban J connectivity index is 1.20. The summed E-state index contributed by atoms with van der Waals surface area (Å²) in [5, 5.41) is 4.26. The molecule has 1 N–H and O–H groups in total. The lowest BCUT2D eigenvalue weighted by molar-refractivity contribution is -0.126. The molecule has 1 fully saturated rings. The Morgan fingerprint density at radius 3 is 3.03 bits per heavy atom. The summed E-state index contributed by atoms with van der Waals surface area (Å²) in [6, 6.07) is 13.9. The highest BCUT2D eigenvalue weighted by Gasteiger charge is 2.29. The summed E-state index contributed by atoms with van der Waals surface area (Å²) in [6.45, 7) is 4.55. The molecule has 0 radical (unpaired) electrons. The number of rotatable bonds is 5. The third-order valence-corrected chi connectivity index (χ3v) is 7.14. The summed E-state index contributed by atoms with van der Waals surface area (Å²) in [7, 11) is 0. The molecule has 2 aromatic carbocycles. The zero-order chi connectivity index (χ0) is 20.5. The summed E-state index contributed by atoms with van der Waals surface area (Å²) >= 11 is 1.78. The predicted molar refractivity (Wildman–Crippen MR) is 117 cm³/mol. The van der Waals surface area contributed by atoms with Gasteiger partial charge in [-0.1, -0.05) is 18.2 Å². The van der Waals surface area contributed by atoms with Gasteiger partial charge in [-0.15, -0.1) is 11.3 Å². The molecule has 3 heterocycles. The molecule has 6 nitrogen and oxygen atoms in total. The van der Waals surface area contributed by atoms with Gasteiger partial charge in [-0.25, -0.2) is 4.98 Å². The van der Waals surface area contributed by atoms with Gasteiger partial charge in [0.05, 0.1) is 21.3 Å². The van der Waals surface area contributed by atoms with E-state index in [1.165, 1.54) is 9.71 Å². The van der Waals surface area contributed by atoms with E-state index in [2.05, 4.69) is 28.4 Å². The fourth-order valence-electron chi connectivity index (χ4n) is 4.18. The molecule has 1 aromatic heterocycles. The van der Waals surface area contributed by atoms with E-state index in [1.807, 2.05) is 31.2 Å². The van der Waals surface area contributed by atoms with Crippen LogP contribution in [0.25, 0.3) is 10.2 Å². The zero-order valence-electron chi connectivity index (χ0n) is 17.0. The Labute approximate surface area is 179 Å². The maximum atomic E-state index is 12.8. The first-order chi connectivity index (χ1) is 14.7. The molecule has 0 saturated carbocycles. The van der Waals surface area contributed by atoms with Gasteiger partial charge in [0.2, 0.25) is 12.7 Å². The number of aromatic nitrogens is 1. The van der Waals surface area contributed by atoms with Gasteiger partial charge in [0.15, 0.2) is 11.5 Å². The van der Waals surface area contributed by atoms with E-state index >= 15 is 0 Å². The Morgan fingerprint density at radius 2 is 2.13 bits per heavy atom. The number of nitrogens with one attached hydrogen (secondary N) is 1. The van der Waals surface area contributed by atoms with Crippen molar-refractivity contribution in [1.29, 1.82) is 0 Å². The molecule has 30 heavy (non-hydrogen) atoms. The summed E-state index contributed by atoms with van der Waals surface area (Å²) in [4.78, 5) is 19.9. The normalized spacial score (nSPS) is 19.7. The number of piperidine rings is 1. The fraction of sp³-hybridized carbons (Fsp3) is 0.391. The lowest BCUT2D eigenvalue weighted by atomic mass is 9.97. The number of carbonyl (C=O) groups excluding carboxylic acids is 1. The van der Waals surface area contributed by atoms with Gasteiger partial charge in [-0.2, -0.15) is 0 Å². The van der Waals surface area contributed by atoms with E-state index in [-0.39, 0.29) is 18.7 Å². The summed E-state index contributed by atoms with van der Waals surface area (Å²) in [5.74, 6) is 1.94. The highest BCUT2D eigenvalue weighted by molar-refractivity contribution is 7.18. The van der Waals surface area contributed by atoms with Crippen LogP contribution in [0, 0.1) is 0 Å². The first-order valence-electron chi connectivity index (χ1n) is 10.4. The number of ether oxygens (including phenoxy) is 2. The molecule has 3 aromatic rings. The quantitative estimate of drug-likeness (QED) is 0.674. The second-order valence-electron chi connectivity index (χ2n) is 7.94. The molecule has 1 amide bonds. The minimum atomic E-state index is -0.170. The van der Waals surface area contributed by atoms with Crippen LogP contribution in [0.4, 0.5) is 0 Å². The number of nitrogens with zero attached hydrogens (tertiary/aromatic N) is 2. The van der Waals surface area contributed by atoms with Crippen molar-refractivity contribution in [2.45, 2.75) is 38.3 Å². The molecule has 2 aliphatic rings. The average Bonchev–Trinajstić information content (AvgIpc) is 3.43. The largest absolute Gasteiger partial charge is 0.454 e. The second kappa shape index (κ2) is 8.24. The van der Waals surface area contributed by atoms with Crippen molar-refractivity contribution >= 4 is 27.5 Å². The van der Waals surface area contributed by atoms with Crippen molar-refractivity contribution in [1.82, 2.24) is 15.2 Å². The van der Waals surface area contributed by atoms with Crippen LogP contribution in [0.2, 0.25) is 0 Å². The third-order valence-electron chi connectivity index (χ3n) is 5.94. The van der Waals surface area contributed by atoms with Gasteiger partial charge < -0.3 is 14.8 Å². The van der Waals surface area contributed by atoms with Crippen molar-refractivity contribution in [2.24, 2.45) is 0 Å². The highest BCUT2D eigenvalue weighted by atomic mass is 32.1. The van der Waals surface area contributed by atoms with Crippen LogP contribution < -0.4 is 14.8 Å². The number of para-hydroxylation sites is 1. The number of carbonyl (C=O) groups is 1. The van der Waals surface area contributed by atoms with E-state index in [4.69, 9.17) is 14.5 Å². The second-order valence-corrected chi connectivity index (χ2v) is 9.00. The van der Waals surface area contributed by atoms with E-state index in [0.717, 1.165) is 48.5 Å². The van der Waals surface area contributed by atoms with Gasteiger partial charge >= 0.3 is 0 Å². The molecular formula is C23H25N3O3S. The smallest absolute Gasteiger partial charge is 0.237 e. The number of fused-ring (bicyclic) bond motifs is 2. The van der Waals surface area contributed by atoms with Crippen molar-refractivity contribution in [3.05, 3.63) is 53.0 Å². The van der Waals surface area contributed by atoms with Crippen LogP contribution in [0.1, 0.15) is 36.3 Å². The molecule has 156 valence electrons. The maximum absolute atomic E-state index is 12.8. The van der Waals surface area contributed by atoms with Gasteiger partial charge in [0, 0.05) is 19.0 Å². The first-order valence-corrected chi connectivity index (χ1v) is 11.2. The summed E-state index contributed by atoms with van der Waals surface area (Å²) in [6.07, 6.45) is 2.21. The van der Waals surface area contributed by atoms with E-state index in [0.29, 0.717) is 12.5 Å². The Kier molecular flexibility index (Phi) is 5.31. The lowest BCUT2D eigenvalue weighted by Crippen LogP contribution is -2.48. The molecule has 5 rings (SSSR count). The van der Waals surface area contributed by atoms with Crippen LogP contribution in [-0.2, 0) is 11.3 Å². The van der Waals surface area contributed by atoms with Crippen LogP contribution in [0.5, 0.6) is 11.5 Å². The number of hydrogen-bond acceptors (Lipinski definition) is 6. The minimum absolute atomic E-state index is 0.0533. The molecule has 0 unspecified atom stereocenters. The molecule has 2 atom stereocenters. The molecule has 1 saturated heterocycles. The summed E-state index contributed by atoms with van der Waals surface area (Å²) < 4.78 is 12.0. The van der Waals surface area contributed by atoms with Crippen LogP contribution in [0.3, 0.4) is 0 Å². The number of thiazole rings is 1. The monoisotopic (exact) mass is 423 g/mol. The van der Waals surface area contributed by atoms with Crippen molar-refractivity contribution in [3.63, 3.8) is 0 Å². The fourth-order valence-corrected chi connectivity index (χ4v) is 5.27. The standard InChI is InChI=1S/C23H25N3O3S/c1-15(22(27)24-12-16-8-9-19-20(11-16)29-14-28-19)26-10-4-5-17(13-26)23-25-18-6-2-3-7-21(18)30-23/h2-3,6-9,11,15,17H,4-5,10,12-14H2,1H3,(H,24,27)/t15-,17-/m1/s1. The first kappa shape index (κ1) is 19.3. The number of amides is 1. The number of hydrogen-bond donors (Lipinski definition) is 1. The maximum Gasteiger partial charge on any atom is 0.237 e. The van der Waals surface area contributed by atoms with Crippen LogP contribution >= 0.6 is 11.3 Å². The molecule has 7 heteroatoms. The van der Waals surface area contributed by atoms with E-state index in [1.54, 1.807) is 11.3 Å². The molecule has 0 bridgehead atoms. The highest BCUT2D eigenvalue weighted by Crippen LogP contribution is 2.34. The van der Waals surface area contributed by atoms with Crippen molar-refractivity contribution < 1.29 is 14.3 Å². The Morgan fingerprint density at radius 1 is 1.27 bits per heavy atom. The van der Waals surface area contributed by atoms with Crippen molar-refractivity contribution in [3.8, 4) is 11.5 Å². The van der Waals surface area contributed by atoms with Crippen LogP contribution in [0.15, 0.2) is 42.5 Å². The lowest BCUT2D eigenvalue weighted by Gasteiger charge is -2.35. The van der Waals surface area contributed by atoms with E-state index < -0.39 is 0 Å². The Hall–Kier alpha value is -2.64. The van der Waals surface area contributed by atoms with E-state index in [9.17, 15) is 4.79 Å². The van der Waals surface area contributed by atoms with Gasteiger partial charge in [0.1, 0.15) is 0 Å². The zero-order valence-corrected chi connectivity index (χ0v) is 17.8. The number of benzene rings is 2. The van der Waals surface area contributed by atoms with Gasteiger partial charge in [0.25, 0.3) is 0 Å². The van der Waals surface area contributed by atoms with Crippen molar-refractivity contribution in [2.75, 3.05) is 19.9 Å².